The first-order valence-corrected chi connectivity index (χ1v) is 8.20. The number of rotatable bonds is 4. The van der Waals surface area contributed by atoms with Crippen molar-refractivity contribution < 1.29 is 19.4 Å². The van der Waals surface area contributed by atoms with E-state index in [1.165, 1.54) is 16.2 Å². The summed E-state index contributed by atoms with van der Waals surface area (Å²) >= 11 is 1.31. The molecule has 2 rings (SSSR count). The number of carbonyl (C=O) groups is 2. The highest BCUT2D eigenvalue weighted by Gasteiger charge is 2.38. The van der Waals surface area contributed by atoms with Crippen molar-refractivity contribution in [3.63, 3.8) is 0 Å². The van der Waals surface area contributed by atoms with Crippen LogP contribution >= 0.6 is 11.3 Å². The van der Waals surface area contributed by atoms with Crippen molar-refractivity contribution in [2.45, 2.75) is 25.0 Å². The number of carbonyl (C=O) groups excluding carboxylic acids is 2. The molecule has 0 aliphatic carbocycles. The molecular formula is C14H22N4O4S. The Balaban J connectivity index is 2.01. The van der Waals surface area contributed by atoms with E-state index in [4.69, 9.17) is 10.5 Å². The molecule has 1 aromatic heterocycles. The van der Waals surface area contributed by atoms with Crippen LogP contribution in [0, 0.1) is 0 Å². The Morgan fingerprint density at radius 1 is 1.61 bits per heavy atom. The van der Waals surface area contributed by atoms with Gasteiger partial charge in [-0.05, 0) is 13.8 Å². The predicted molar refractivity (Wildman–Crippen MR) is 85.1 cm³/mol. The van der Waals surface area contributed by atoms with E-state index in [0.29, 0.717) is 18.8 Å². The van der Waals surface area contributed by atoms with Crippen LogP contribution in [0.4, 0.5) is 0 Å². The molecule has 1 aliphatic heterocycles. The molecule has 0 spiro atoms. The first-order chi connectivity index (χ1) is 10.7. The van der Waals surface area contributed by atoms with Gasteiger partial charge in [-0.1, -0.05) is 0 Å². The number of nitrogens with one attached hydrogen (secondary N) is 1. The molecule has 128 valence electrons. The van der Waals surface area contributed by atoms with Gasteiger partial charge >= 0.3 is 0 Å². The molecule has 23 heavy (non-hydrogen) atoms. The Hall–Kier alpha value is -1.55. The third-order valence-corrected chi connectivity index (χ3v) is 4.03. The largest absolute Gasteiger partial charge is 0.384 e. The first kappa shape index (κ1) is 17.8. The molecule has 0 saturated carbocycles. The van der Waals surface area contributed by atoms with Gasteiger partial charge in [-0.2, -0.15) is 0 Å². The van der Waals surface area contributed by atoms with Gasteiger partial charge in [-0.25, -0.2) is 4.98 Å². The molecule has 1 aliphatic rings. The number of nitrogens with zero attached hydrogens (tertiary/aromatic N) is 2. The van der Waals surface area contributed by atoms with Crippen LogP contribution in [0.3, 0.4) is 0 Å². The molecule has 1 atom stereocenters. The molecule has 0 aromatic carbocycles. The predicted octanol–water partition coefficient (Wildman–Crippen LogP) is -0.800. The minimum atomic E-state index is -1.37. The molecule has 2 heterocycles. The van der Waals surface area contributed by atoms with E-state index in [0.717, 1.165) is 0 Å². The molecule has 1 aromatic rings. The van der Waals surface area contributed by atoms with E-state index in [-0.39, 0.29) is 31.5 Å². The monoisotopic (exact) mass is 342 g/mol. The maximum atomic E-state index is 12.3. The maximum absolute atomic E-state index is 12.3. The number of nitrogens with two attached hydrogens (primary N) is 1. The molecule has 1 fully saturated rings. The lowest BCUT2D eigenvalue weighted by molar-refractivity contribution is -0.138. The third-order valence-electron chi connectivity index (χ3n) is 3.44. The fourth-order valence-corrected chi connectivity index (χ4v) is 2.80. The van der Waals surface area contributed by atoms with E-state index >= 15 is 0 Å². The standard InChI is InChI=1S/C14H22N4O4S/c1-13(2,15)12(20)18-3-4-22-8-14(21,7-18)6-16-11(19)10-5-23-9-17-10/h5,9,21H,3-4,6-8,15H2,1-2H3,(H,16,19)/t14-/m0/s1. The van der Waals surface area contributed by atoms with Crippen molar-refractivity contribution in [3.8, 4) is 0 Å². The van der Waals surface area contributed by atoms with Crippen LogP contribution in [0.25, 0.3) is 0 Å². The average Bonchev–Trinajstić information content (AvgIpc) is 2.94. The molecule has 0 unspecified atom stereocenters. The minimum absolute atomic E-state index is 0.0269. The topological polar surface area (TPSA) is 118 Å². The Morgan fingerprint density at radius 2 is 2.35 bits per heavy atom. The van der Waals surface area contributed by atoms with E-state index in [1.807, 2.05) is 0 Å². The van der Waals surface area contributed by atoms with Gasteiger partial charge in [0.25, 0.3) is 5.91 Å². The number of amides is 2. The van der Waals surface area contributed by atoms with Gasteiger partial charge < -0.3 is 25.8 Å². The molecule has 0 bridgehead atoms. The third kappa shape index (κ3) is 4.71. The van der Waals surface area contributed by atoms with Crippen molar-refractivity contribution in [1.82, 2.24) is 15.2 Å². The average molecular weight is 342 g/mol. The van der Waals surface area contributed by atoms with Crippen molar-refractivity contribution in [1.29, 1.82) is 0 Å². The van der Waals surface area contributed by atoms with Crippen LogP contribution in [-0.4, -0.2) is 70.8 Å². The van der Waals surface area contributed by atoms with E-state index in [2.05, 4.69) is 10.3 Å². The van der Waals surface area contributed by atoms with Gasteiger partial charge in [0.2, 0.25) is 5.91 Å². The summed E-state index contributed by atoms with van der Waals surface area (Å²) in [6, 6.07) is 0. The van der Waals surface area contributed by atoms with Gasteiger partial charge in [0.05, 0.1) is 37.4 Å². The van der Waals surface area contributed by atoms with Crippen molar-refractivity contribution in [2.75, 3.05) is 32.8 Å². The van der Waals surface area contributed by atoms with Gasteiger partial charge in [-0.15, -0.1) is 11.3 Å². The second-order valence-corrected chi connectivity index (χ2v) is 7.00. The lowest BCUT2D eigenvalue weighted by atomic mass is 10.0. The van der Waals surface area contributed by atoms with Crippen LogP contribution in [0.2, 0.25) is 0 Å². The molecular weight excluding hydrogens is 320 g/mol. The smallest absolute Gasteiger partial charge is 0.270 e. The highest BCUT2D eigenvalue weighted by Crippen LogP contribution is 2.15. The molecule has 0 radical (unpaired) electrons. The molecule has 2 amide bonds. The van der Waals surface area contributed by atoms with E-state index < -0.39 is 11.1 Å². The number of ether oxygens (including phenoxy) is 1. The zero-order valence-corrected chi connectivity index (χ0v) is 14.1. The molecule has 4 N–H and O–H groups in total. The summed E-state index contributed by atoms with van der Waals surface area (Å²) < 4.78 is 5.38. The van der Waals surface area contributed by atoms with Crippen LogP contribution in [0.15, 0.2) is 10.9 Å². The normalized spacial score (nSPS) is 22.5. The highest BCUT2D eigenvalue weighted by molar-refractivity contribution is 7.07. The maximum Gasteiger partial charge on any atom is 0.270 e. The van der Waals surface area contributed by atoms with E-state index in [9.17, 15) is 14.7 Å². The minimum Gasteiger partial charge on any atom is -0.384 e. The van der Waals surface area contributed by atoms with Crippen molar-refractivity contribution in [3.05, 3.63) is 16.6 Å². The quantitative estimate of drug-likeness (QED) is 0.659. The first-order valence-electron chi connectivity index (χ1n) is 7.26. The Labute approximate surface area is 138 Å². The lowest BCUT2D eigenvalue weighted by Crippen LogP contribution is -2.58. The molecule has 9 heteroatoms. The number of hydrogen-bond acceptors (Lipinski definition) is 7. The van der Waals surface area contributed by atoms with Crippen LogP contribution in [0.5, 0.6) is 0 Å². The summed E-state index contributed by atoms with van der Waals surface area (Å²) in [7, 11) is 0. The Kier molecular flexibility index (Phi) is 5.35. The summed E-state index contributed by atoms with van der Waals surface area (Å²) in [5, 5.41) is 14.9. The zero-order valence-electron chi connectivity index (χ0n) is 13.2. The second-order valence-electron chi connectivity index (χ2n) is 6.28. The fraction of sp³-hybridized carbons (Fsp3) is 0.643. The number of aliphatic hydroxyl groups is 1. The fourth-order valence-electron chi connectivity index (χ4n) is 2.26. The van der Waals surface area contributed by atoms with Crippen molar-refractivity contribution in [2.24, 2.45) is 5.73 Å². The number of thiazole rings is 1. The van der Waals surface area contributed by atoms with E-state index in [1.54, 1.807) is 24.7 Å². The molecule has 8 nitrogen and oxygen atoms in total. The van der Waals surface area contributed by atoms with Gasteiger partial charge in [0.1, 0.15) is 11.3 Å². The van der Waals surface area contributed by atoms with Gasteiger partial charge in [-0.3, -0.25) is 9.59 Å². The molecule has 1 saturated heterocycles. The van der Waals surface area contributed by atoms with Crippen molar-refractivity contribution >= 4 is 23.2 Å². The highest BCUT2D eigenvalue weighted by atomic mass is 32.1. The zero-order chi connectivity index (χ0) is 17.1. The Bertz CT molecular complexity index is 558. The SMILES string of the molecule is CC(C)(N)C(=O)N1CCOC[C@](O)(CNC(=O)c2cscn2)C1. The summed E-state index contributed by atoms with van der Waals surface area (Å²) in [5.74, 6) is -0.645. The van der Waals surface area contributed by atoms with Crippen LogP contribution < -0.4 is 11.1 Å². The number of aromatic nitrogens is 1. The second kappa shape index (κ2) is 6.91. The van der Waals surface area contributed by atoms with Crippen LogP contribution in [-0.2, 0) is 9.53 Å². The summed E-state index contributed by atoms with van der Waals surface area (Å²) in [4.78, 5) is 29.6. The number of β-amino-alcohol motifs (C(OH)–C–C–N with tert-alkyl or cyclic N) is 1. The lowest BCUT2D eigenvalue weighted by Gasteiger charge is -2.33. The summed E-state index contributed by atoms with van der Waals surface area (Å²) in [6.45, 7) is 3.92. The van der Waals surface area contributed by atoms with Crippen LogP contribution in [0.1, 0.15) is 24.3 Å². The Morgan fingerprint density at radius 3 is 2.96 bits per heavy atom. The number of hydrogen-bond donors (Lipinski definition) is 3. The van der Waals surface area contributed by atoms with Gasteiger partial charge in [0, 0.05) is 11.9 Å². The van der Waals surface area contributed by atoms with Gasteiger partial charge in [0.15, 0.2) is 0 Å². The summed E-state index contributed by atoms with van der Waals surface area (Å²) in [6.07, 6.45) is 0. The summed E-state index contributed by atoms with van der Waals surface area (Å²) in [5.41, 5.74) is 5.29.